The highest BCUT2D eigenvalue weighted by Gasteiger charge is 2.42. The number of aliphatic hydroxyl groups is 1. The van der Waals surface area contributed by atoms with E-state index in [1.54, 1.807) is 18.2 Å². The average molecular weight is 612 g/mol. The van der Waals surface area contributed by atoms with Gasteiger partial charge in [0.1, 0.15) is 5.75 Å². The number of halogens is 1. The van der Waals surface area contributed by atoms with Gasteiger partial charge in [-0.2, -0.15) is 10.6 Å². The number of anilines is 1. The zero-order valence-corrected chi connectivity index (χ0v) is 26.8. The van der Waals surface area contributed by atoms with E-state index in [4.69, 9.17) is 16.3 Å². The van der Waals surface area contributed by atoms with E-state index in [-0.39, 0.29) is 28.4 Å². The van der Waals surface area contributed by atoms with Crippen LogP contribution in [-0.4, -0.2) is 42.1 Å². The van der Waals surface area contributed by atoms with Gasteiger partial charge in [-0.3, -0.25) is 4.79 Å². The Morgan fingerprint density at radius 1 is 1.19 bits per heavy atom. The number of aliphatic hydroxyl groups excluding tert-OH is 1. The van der Waals surface area contributed by atoms with E-state index in [1.165, 1.54) is 11.1 Å². The summed E-state index contributed by atoms with van der Waals surface area (Å²) >= 11 is 6.38. The van der Waals surface area contributed by atoms with Gasteiger partial charge >= 0.3 is 0 Å². The molecule has 6 nitrogen and oxygen atoms in total. The van der Waals surface area contributed by atoms with Crippen LogP contribution < -0.4 is 9.64 Å². The molecule has 228 valence electrons. The van der Waals surface area contributed by atoms with E-state index in [0.717, 1.165) is 30.0 Å². The van der Waals surface area contributed by atoms with Crippen molar-refractivity contribution in [3.8, 4) is 5.75 Å². The van der Waals surface area contributed by atoms with E-state index in [9.17, 15) is 14.1 Å². The van der Waals surface area contributed by atoms with Crippen LogP contribution in [0.15, 0.2) is 66.1 Å². The number of carbonyl (C=O) groups excluding carboxylic acids is 1. The molecule has 1 amide bonds. The summed E-state index contributed by atoms with van der Waals surface area (Å²) < 4.78 is 23.5. The van der Waals surface area contributed by atoms with Crippen molar-refractivity contribution in [2.45, 2.75) is 70.1 Å². The van der Waals surface area contributed by atoms with Gasteiger partial charge in [0.15, 0.2) is 0 Å². The first kappa shape index (κ1) is 32.3. The third-order valence-electron chi connectivity index (χ3n) is 9.30. The minimum Gasteiger partial charge on any atom is -0.490 e. The molecular formula is C34H44ClN2O4S-. The molecule has 0 aromatic heterocycles. The van der Waals surface area contributed by atoms with Gasteiger partial charge in [-0.05, 0) is 79.0 Å². The van der Waals surface area contributed by atoms with E-state index >= 15 is 0 Å². The Morgan fingerprint density at radius 2 is 1.95 bits per heavy atom. The van der Waals surface area contributed by atoms with Gasteiger partial charge in [-0.25, -0.2) is 0 Å². The van der Waals surface area contributed by atoms with Crippen molar-refractivity contribution >= 4 is 33.8 Å². The molecule has 1 N–H and O–H groups in total. The lowest BCUT2D eigenvalue weighted by Gasteiger charge is -2.42. The lowest BCUT2D eigenvalue weighted by molar-refractivity contribution is 0.100. The van der Waals surface area contributed by atoms with Crippen LogP contribution in [-0.2, 0) is 26.6 Å². The van der Waals surface area contributed by atoms with Gasteiger partial charge in [0.2, 0.25) is 0 Å². The van der Waals surface area contributed by atoms with Crippen LogP contribution in [0.3, 0.4) is 0 Å². The summed E-state index contributed by atoms with van der Waals surface area (Å²) in [6.45, 7) is 17.4. The molecule has 0 unspecified atom stereocenters. The first-order valence-electron chi connectivity index (χ1n) is 14.9. The second-order valence-corrected chi connectivity index (χ2v) is 14.1. The number of hydrogen-bond acceptors (Lipinski definition) is 6. The van der Waals surface area contributed by atoms with Crippen LogP contribution in [0, 0.1) is 17.8 Å². The minimum absolute atomic E-state index is 0.0233. The van der Waals surface area contributed by atoms with Gasteiger partial charge in [0.05, 0.1) is 18.4 Å². The highest BCUT2D eigenvalue weighted by molar-refractivity contribution is 7.75. The molecule has 0 radical (unpaired) electrons. The topological polar surface area (TPSA) is 79.2 Å². The number of fused-ring (bicyclic) bond motifs is 3. The molecule has 8 heteroatoms. The molecule has 1 spiro atoms. The Hall–Kier alpha value is -2.61. The number of amides is 1. The summed E-state index contributed by atoms with van der Waals surface area (Å²) in [6.07, 6.45) is 6.43. The van der Waals surface area contributed by atoms with Crippen LogP contribution in [0.25, 0.3) is 0 Å². The van der Waals surface area contributed by atoms with Gasteiger partial charge in [0, 0.05) is 29.1 Å². The number of benzene rings is 2. The van der Waals surface area contributed by atoms with Crippen molar-refractivity contribution in [2.75, 3.05) is 24.6 Å². The standard InChI is InChI=1S/C34H44ClN2O4S/c1-7-10-22(3)25(6)42(40)36-33(39)27-12-15-32-30(18-27)37(19-23(4)24(5)31(38)8-2)20-34(21-41-32)16-9-11-26-17-28(35)13-14-29(26)34/h7-8,12-15,17-18,22-25,31,38H,1-2,9-11,16,19-21H2,3-6H3/q-1/t22-,23-,24+,25+,31-,34-/m0/s1. The minimum atomic E-state index is -1.66. The van der Waals surface area contributed by atoms with Crippen LogP contribution in [0.5, 0.6) is 5.75 Å². The highest BCUT2D eigenvalue weighted by Crippen LogP contribution is 2.45. The molecule has 2 aliphatic rings. The summed E-state index contributed by atoms with van der Waals surface area (Å²) in [5.74, 6) is 0.369. The Labute approximate surface area is 258 Å². The molecule has 2 aromatic rings. The summed E-state index contributed by atoms with van der Waals surface area (Å²) in [5.41, 5.74) is 3.43. The number of rotatable bonds is 10. The van der Waals surface area contributed by atoms with E-state index in [2.05, 4.69) is 41.5 Å². The average Bonchev–Trinajstić information content (AvgIpc) is 3.12. The van der Waals surface area contributed by atoms with Gasteiger partial charge < -0.3 is 23.3 Å². The maximum Gasteiger partial charge on any atom is 0.254 e. The normalized spacial score (nSPS) is 22.5. The van der Waals surface area contributed by atoms with E-state index in [1.807, 2.05) is 39.0 Å². The molecule has 0 fully saturated rings. The molecule has 1 heterocycles. The molecule has 1 aliphatic carbocycles. The summed E-state index contributed by atoms with van der Waals surface area (Å²) in [5, 5.41) is 11.0. The fourth-order valence-corrected chi connectivity index (χ4v) is 7.32. The van der Waals surface area contributed by atoms with E-state index < -0.39 is 22.6 Å². The van der Waals surface area contributed by atoms with Crippen molar-refractivity contribution in [3.63, 3.8) is 0 Å². The maximum absolute atomic E-state index is 13.3. The number of nitrogens with zero attached hydrogens (tertiary/aromatic N) is 2. The Bertz CT molecular complexity index is 1400. The van der Waals surface area contributed by atoms with Crippen molar-refractivity contribution in [3.05, 3.63) is 83.4 Å². The molecule has 0 bridgehead atoms. The van der Waals surface area contributed by atoms with Gasteiger partial charge in [-0.15, -0.1) is 13.2 Å². The number of ether oxygens (including phenoxy) is 1. The molecule has 2 aromatic carbocycles. The largest absolute Gasteiger partial charge is 0.490 e. The first-order valence-corrected chi connectivity index (χ1v) is 16.4. The first-order chi connectivity index (χ1) is 20.0. The highest BCUT2D eigenvalue weighted by atomic mass is 35.5. The fraction of sp³-hybridized carbons (Fsp3) is 0.500. The van der Waals surface area contributed by atoms with E-state index in [0.29, 0.717) is 37.4 Å². The second kappa shape index (κ2) is 13.8. The number of carbonyl (C=O) groups is 1. The van der Waals surface area contributed by atoms with Crippen LogP contribution >= 0.6 is 11.6 Å². The van der Waals surface area contributed by atoms with Gasteiger partial charge in [0.25, 0.3) is 5.91 Å². The van der Waals surface area contributed by atoms with Crippen molar-refractivity contribution in [1.29, 1.82) is 0 Å². The van der Waals surface area contributed by atoms with Gasteiger partial charge in [-0.1, -0.05) is 68.7 Å². The predicted molar refractivity (Wildman–Crippen MR) is 173 cm³/mol. The molecule has 6 atom stereocenters. The molecule has 0 saturated heterocycles. The lowest BCUT2D eigenvalue weighted by Crippen LogP contribution is -2.47. The lowest BCUT2D eigenvalue weighted by atomic mass is 9.70. The fourth-order valence-electron chi connectivity index (χ4n) is 6.18. The zero-order valence-electron chi connectivity index (χ0n) is 25.2. The zero-order chi connectivity index (χ0) is 30.6. The second-order valence-electron chi connectivity index (χ2n) is 12.2. The predicted octanol–water partition coefficient (Wildman–Crippen LogP) is 7.52. The molecule has 42 heavy (non-hydrogen) atoms. The van der Waals surface area contributed by atoms with Crippen LogP contribution in [0.2, 0.25) is 5.02 Å². The smallest absolute Gasteiger partial charge is 0.254 e. The third kappa shape index (κ3) is 6.95. The van der Waals surface area contributed by atoms with Crippen LogP contribution in [0.1, 0.15) is 68.4 Å². The van der Waals surface area contributed by atoms with Crippen molar-refractivity contribution < 1.29 is 18.8 Å². The monoisotopic (exact) mass is 611 g/mol. The number of hydrogen-bond donors (Lipinski definition) is 1. The molecular weight excluding hydrogens is 568 g/mol. The molecule has 1 aliphatic heterocycles. The molecule has 0 saturated carbocycles. The Balaban J connectivity index is 1.73. The summed E-state index contributed by atoms with van der Waals surface area (Å²) in [7, 11) is -1.66. The van der Waals surface area contributed by atoms with Crippen molar-refractivity contribution in [1.82, 2.24) is 0 Å². The summed E-state index contributed by atoms with van der Waals surface area (Å²) in [4.78, 5) is 15.6. The van der Waals surface area contributed by atoms with Crippen molar-refractivity contribution in [2.24, 2.45) is 22.1 Å². The Kier molecular flexibility index (Phi) is 10.6. The maximum atomic E-state index is 13.3. The Morgan fingerprint density at radius 3 is 2.67 bits per heavy atom. The SMILES string of the molecule is C=CC[C@H](C)[C@@H](C)[S-](=O)=NC(=O)c1ccc2c(c1)N(C[C@H](C)[C@@H](C)[C@@H](O)C=C)C[C@@]1(CCCc3cc(Cl)ccc31)CO2. The summed E-state index contributed by atoms with van der Waals surface area (Å²) in [6, 6.07) is 11.5. The van der Waals surface area contributed by atoms with Crippen LogP contribution in [0.4, 0.5) is 5.69 Å². The third-order valence-corrected chi connectivity index (χ3v) is 11.0. The number of aryl methyl sites for hydroxylation is 1. The molecule has 4 rings (SSSR count). The quantitative estimate of drug-likeness (QED) is 0.222. The number of allylic oxidation sites excluding steroid dienone is 1.